The van der Waals surface area contributed by atoms with E-state index in [9.17, 15) is 0 Å². The summed E-state index contributed by atoms with van der Waals surface area (Å²) in [5, 5.41) is 10.1. The number of hydrogen-bond donors (Lipinski definition) is 1. The molecule has 0 unspecified atom stereocenters. The first-order valence-corrected chi connectivity index (χ1v) is 1.62. The van der Waals surface area contributed by atoms with Gasteiger partial charge in [0.25, 0.3) is 0 Å². The zero-order chi connectivity index (χ0) is 4.41. The third-order valence-electron chi connectivity index (χ3n) is 0.503. The number of nitrogens with zero attached hydrogens (tertiary/aromatic N) is 1. The summed E-state index contributed by atoms with van der Waals surface area (Å²) in [7, 11) is 0. The van der Waals surface area contributed by atoms with Crippen LogP contribution in [0.4, 0.5) is 0 Å². The lowest BCUT2D eigenvalue weighted by Gasteiger charge is -1.78. The van der Waals surface area contributed by atoms with Gasteiger partial charge in [0.1, 0.15) is 0 Å². The average molecular weight is 84.1 g/mol. The fourth-order valence-corrected chi connectivity index (χ4v) is 0.245. The zero-order valence-corrected chi connectivity index (χ0v) is 3.14. The summed E-state index contributed by atoms with van der Waals surface area (Å²) in [6, 6.07) is 0. The molecule has 1 rings (SSSR count). The fraction of sp³-hybridized carbons (Fsp3) is 0.333. The van der Waals surface area contributed by atoms with Crippen LogP contribution in [0.2, 0.25) is 0 Å². The highest BCUT2D eigenvalue weighted by atomic mass is 16.6. The van der Waals surface area contributed by atoms with Crippen LogP contribution in [-0.2, 0) is 4.84 Å². The maximum absolute atomic E-state index is 6.77. The third-order valence-corrected chi connectivity index (χ3v) is 0.503. The topological polar surface area (TPSA) is 45.4 Å². The monoisotopic (exact) mass is 84.0 g/mol. The van der Waals surface area contributed by atoms with Crippen molar-refractivity contribution in [3.05, 3.63) is 0 Å². The Morgan fingerprint density at radius 3 is 3.00 bits per heavy atom. The van der Waals surface area contributed by atoms with Crippen LogP contribution in [0.5, 0.6) is 0 Å². The third kappa shape index (κ3) is 0.381. The summed E-state index contributed by atoms with van der Waals surface area (Å²) < 4.78 is 0. The SMILES string of the molecule is N=C1C=NOC1. The van der Waals surface area contributed by atoms with Gasteiger partial charge in [0.2, 0.25) is 0 Å². The smallest absolute Gasteiger partial charge is 0.160 e. The Hall–Kier alpha value is -0.860. The van der Waals surface area contributed by atoms with E-state index in [0.717, 1.165) is 0 Å². The molecular formula is C3H4N2O. The number of hydrogen-bond acceptors (Lipinski definition) is 3. The lowest BCUT2D eigenvalue weighted by molar-refractivity contribution is 0.197. The average Bonchev–Trinajstić information content (AvgIpc) is 1.86. The Kier molecular flexibility index (Phi) is 0.602. The molecule has 32 valence electrons. The van der Waals surface area contributed by atoms with Crippen LogP contribution in [0.25, 0.3) is 0 Å². The van der Waals surface area contributed by atoms with Gasteiger partial charge in [-0.3, -0.25) is 5.41 Å². The highest BCUT2D eigenvalue weighted by Gasteiger charge is 1.96. The molecule has 0 aromatic carbocycles. The van der Waals surface area contributed by atoms with E-state index in [2.05, 4.69) is 9.99 Å². The van der Waals surface area contributed by atoms with Crippen molar-refractivity contribution in [3.8, 4) is 0 Å². The summed E-state index contributed by atoms with van der Waals surface area (Å²) in [6.45, 7) is 0.347. The van der Waals surface area contributed by atoms with Crippen molar-refractivity contribution in [2.75, 3.05) is 6.61 Å². The van der Waals surface area contributed by atoms with Crippen molar-refractivity contribution in [2.45, 2.75) is 0 Å². The molecule has 0 amide bonds. The summed E-state index contributed by atoms with van der Waals surface area (Å²) in [5.74, 6) is 0. The molecule has 3 heteroatoms. The fourth-order valence-electron chi connectivity index (χ4n) is 0.245. The minimum absolute atomic E-state index is 0.347. The molecule has 0 aromatic rings. The van der Waals surface area contributed by atoms with Gasteiger partial charge in [-0.25, -0.2) is 0 Å². The highest BCUT2D eigenvalue weighted by Crippen LogP contribution is 1.83. The molecule has 1 aliphatic heterocycles. The Morgan fingerprint density at radius 2 is 2.83 bits per heavy atom. The van der Waals surface area contributed by atoms with Crippen molar-refractivity contribution in [1.29, 1.82) is 5.41 Å². The van der Waals surface area contributed by atoms with Crippen molar-refractivity contribution >= 4 is 11.9 Å². The Morgan fingerprint density at radius 1 is 2.00 bits per heavy atom. The van der Waals surface area contributed by atoms with Gasteiger partial charge in [-0.1, -0.05) is 5.16 Å². The largest absolute Gasteiger partial charge is 0.389 e. The molecule has 0 radical (unpaired) electrons. The standard InChI is InChI=1S/C3H4N2O/c4-3-1-5-6-2-3/h1,4H,2H2. The molecule has 0 saturated heterocycles. The van der Waals surface area contributed by atoms with E-state index >= 15 is 0 Å². The van der Waals surface area contributed by atoms with Crippen LogP contribution >= 0.6 is 0 Å². The number of nitrogens with one attached hydrogen (secondary N) is 1. The maximum Gasteiger partial charge on any atom is 0.160 e. The predicted octanol–water partition coefficient (Wildman–Crippen LogP) is 0.0222. The van der Waals surface area contributed by atoms with E-state index in [0.29, 0.717) is 12.3 Å². The Balaban J connectivity index is 2.59. The second-order valence-electron chi connectivity index (χ2n) is 1.03. The van der Waals surface area contributed by atoms with E-state index in [4.69, 9.17) is 5.41 Å². The number of oxime groups is 1. The van der Waals surface area contributed by atoms with Crippen molar-refractivity contribution in [3.63, 3.8) is 0 Å². The van der Waals surface area contributed by atoms with Crippen LogP contribution in [0.3, 0.4) is 0 Å². The summed E-state index contributed by atoms with van der Waals surface area (Å²) >= 11 is 0. The molecule has 0 spiro atoms. The van der Waals surface area contributed by atoms with Gasteiger partial charge in [-0.05, 0) is 0 Å². The molecule has 1 N–H and O–H groups in total. The lowest BCUT2D eigenvalue weighted by Crippen LogP contribution is -1.95. The van der Waals surface area contributed by atoms with Crippen molar-refractivity contribution in [1.82, 2.24) is 0 Å². The predicted molar refractivity (Wildman–Crippen MR) is 22.2 cm³/mol. The van der Waals surface area contributed by atoms with E-state index < -0.39 is 0 Å². The van der Waals surface area contributed by atoms with E-state index in [1.165, 1.54) is 6.21 Å². The molecule has 0 aromatic heterocycles. The Labute approximate surface area is 35.1 Å². The van der Waals surface area contributed by atoms with Crippen LogP contribution in [0.15, 0.2) is 5.16 Å². The van der Waals surface area contributed by atoms with E-state index in [1.807, 2.05) is 0 Å². The van der Waals surface area contributed by atoms with Crippen molar-refractivity contribution in [2.24, 2.45) is 5.16 Å². The van der Waals surface area contributed by atoms with Crippen LogP contribution in [-0.4, -0.2) is 18.5 Å². The molecule has 1 aliphatic rings. The molecule has 6 heavy (non-hydrogen) atoms. The minimum Gasteiger partial charge on any atom is -0.389 e. The van der Waals surface area contributed by atoms with E-state index in [1.54, 1.807) is 0 Å². The lowest BCUT2D eigenvalue weighted by atomic mass is 10.5. The maximum atomic E-state index is 6.77. The minimum atomic E-state index is 0.347. The first-order valence-electron chi connectivity index (χ1n) is 1.62. The number of rotatable bonds is 0. The van der Waals surface area contributed by atoms with Gasteiger partial charge in [0.05, 0.1) is 11.9 Å². The highest BCUT2D eigenvalue weighted by molar-refractivity contribution is 6.30. The second kappa shape index (κ2) is 1.08. The molecule has 1 heterocycles. The molecular weight excluding hydrogens is 80.0 g/mol. The van der Waals surface area contributed by atoms with Gasteiger partial charge in [-0.2, -0.15) is 0 Å². The quantitative estimate of drug-likeness (QED) is 0.442. The Bertz CT molecular complexity index is 97.0. The first-order chi connectivity index (χ1) is 2.89. The van der Waals surface area contributed by atoms with Gasteiger partial charge in [0, 0.05) is 0 Å². The molecule has 0 aliphatic carbocycles. The van der Waals surface area contributed by atoms with Crippen LogP contribution in [0, 0.1) is 5.41 Å². The van der Waals surface area contributed by atoms with Gasteiger partial charge >= 0.3 is 0 Å². The molecule has 3 nitrogen and oxygen atoms in total. The second-order valence-corrected chi connectivity index (χ2v) is 1.03. The summed E-state index contributed by atoms with van der Waals surface area (Å²) in [4.78, 5) is 4.40. The van der Waals surface area contributed by atoms with Crippen LogP contribution in [0.1, 0.15) is 0 Å². The molecule has 0 bridgehead atoms. The molecule has 0 atom stereocenters. The van der Waals surface area contributed by atoms with Gasteiger partial charge < -0.3 is 4.84 Å². The first kappa shape index (κ1) is 3.33. The summed E-state index contributed by atoms with van der Waals surface area (Å²) in [5.41, 5.74) is 0.440. The van der Waals surface area contributed by atoms with Gasteiger partial charge in [-0.15, -0.1) is 0 Å². The molecule has 0 saturated carbocycles. The molecule has 0 fully saturated rings. The van der Waals surface area contributed by atoms with Crippen molar-refractivity contribution < 1.29 is 4.84 Å². The summed E-state index contributed by atoms with van der Waals surface area (Å²) in [6.07, 6.45) is 1.39. The zero-order valence-electron chi connectivity index (χ0n) is 3.14. The van der Waals surface area contributed by atoms with Crippen LogP contribution < -0.4 is 0 Å². The van der Waals surface area contributed by atoms with Gasteiger partial charge in [0.15, 0.2) is 6.61 Å². The normalized spacial score (nSPS) is 18.3. The van der Waals surface area contributed by atoms with E-state index in [-0.39, 0.29) is 0 Å².